The van der Waals surface area contributed by atoms with Gasteiger partial charge in [0.15, 0.2) is 0 Å². The fraction of sp³-hybridized carbons (Fsp3) is 0.625. The second-order valence-electron chi connectivity index (χ2n) is 6.38. The van der Waals surface area contributed by atoms with Gasteiger partial charge in [0, 0.05) is 24.8 Å². The maximum Gasteiger partial charge on any atom is 0.122 e. The van der Waals surface area contributed by atoms with Crippen LogP contribution in [0.2, 0.25) is 0 Å². The molecule has 1 aromatic carbocycles. The molecule has 0 aliphatic heterocycles. The summed E-state index contributed by atoms with van der Waals surface area (Å²) in [4.78, 5) is 2.22. The van der Waals surface area contributed by atoms with Gasteiger partial charge >= 0.3 is 0 Å². The molecule has 0 spiro atoms. The van der Waals surface area contributed by atoms with Gasteiger partial charge in [-0.1, -0.05) is 13.8 Å². The van der Waals surface area contributed by atoms with Crippen LogP contribution in [0.4, 0.5) is 5.69 Å². The van der Waals surface area contributed by atoms with Crippen LogP contribution in [0, 0.1) is 6.92 Å². The van der Waals surface area contributed by atoms with Gasteiger partial charge in [-0.15, -0.1) is 0 Å². The minimum Gasteiger partial charge on any atom is -0.496 e. The number of benzene rings is 1. The van der Waals surface area contributed by atoms with Crippen molar-refractivity contribution in [3.63, 3.8) is 0 Å². The molecule has 1 rings (SSSR count). The molecule has 0 atom stereocenters. The van der Waals surface area contributed by atoms with E-state index in [0.717, 1.165) is 12.3 Å². The molecule has 108 valence electrons. The minimum atomic E-state index is -0.209. The molecule has 0 aromatic heterocycles. The van der Waals surface area contributed by atoms with Crippen LogP contribution < -0.4 is 15.4 Å². The Morgan fingerprint density at radius 2 is 1.89 bits per heavy atom. The molecule has 0 amide bonds. The largest absolute Gasteiger partial charge is 0.496 e. The molecule has 2 N–H and O–H groups in total. The Balaban J connectivity index is 3.18. The summed E-state index contributed by atoms with van der Waals surface area (Å²) < 4.78 is 5.48. The van der Waals surface area contributed by atoms with Crippen LogP contribution >= 0.6 is 0 Å². The van der Waals surface area contributed by atoms with E-state index in [9.17, 15) is 0 Å². The van der Waals surface area contributed by atoms with Crippen LogP contribution in [0.5, 0.6) is 5.75 Å². The maximum atomic E-state index is 6.11. The summed E-state index contributed by atoms with van der Waals surface area (Å²) in [5, 5.41) is 0. The molecule has 19 heavy (non-hydrogen) atoms. The lowest BCUT2D eigenvalue weighted by Crippen LogP contribution is -2.44. The van der Waals surface area contributed by atoms with Gasteiger partial charge in [0.2, 0.25) is 0 Å². The van der Waals surface area contributed by atoms with Gasteiger partial charge in [0.25, 0.3) is 0 Å². The number of ether oxygens (including phenoxy) is 1. The van der Waals surface area contributed by atoms with Crippen molar-refractivity contribution >= 4 is 5.69 Å². The van der Waals surface area contributed by atoms with Crippen molar-refractivity contribution in [1.29, 1.82) is 0 Å². The van der Waals surface area contributed by atoms with E-state index >= 15 is 0 Å². The number of hydrogen-bond donors (Lipinski definition) is 1. The predicted molar refractivity (Wildman–Crippen MR) is 83.4 cm³/mol. The van der Waals surface area contributed by atoms with Gasteiger partial charge in [0.05, 0.1) is 7.11 Å². The van der Waals surface area contributed by atoms with Crippen LogP contribution in [0.15, 0.2) is 12.1 Å². The van der Waals surface area contributed by atoms with Crippen molar-refractivity contribution in [2.45, 2.75) is 46.1 Å². The van der Waals surface area contributed by atoms with Crippen molar-refractivity contribution in [2.75, 3.05) is 25.6 Å². The highest BCUT2D eigenvalue weighted by atomic mass is 16.5. The normalized spacial score (nSPS) is 11.8. The summed E-state index contributed by atoms with van der Waals surface area (Å²) in [6.07, 6.45) is 0. The molecular weight excluding hydrogens is 236 g/mol. The van der Waals surface area contributed by atoms with E-state index in [4.69, 9.17) is 10.5 Å². The third-order valence-corrected chi connectivity index (χ3v) is 3.23. The van der Waals surface area contributed by atoms with Crippen molar-refractivity contribution in [2.24, 2.45) is 5.73 Å². The number of nitrogens with zero attached hydrogens (tertiary/aromatic N) is 1. The Hall–Kier alpha value is -1.22. The van der Waals surface area contributed by atoms with Gasteiger partial charge in [-0.05, 0) is 49.9 Å². The molecule has 0 aliphatic carbocycles. The number of nitrogens with two attached hydrogens (primary N) is 1. The predicted octanol–water partition coefficient (Wildman–Crippen LogP) is 3.30. The summed E-state index contributed by atoms with van der Waals surface area (Å²) in [5.41, 5.74) is 9.58. The summed E-state index contributed by atoms with van der Waals surface area (Å²) in [6, 6.07) is 4.34. The molecule has 0 saturated heterocycles. The van der Waals surface area contributed by atoms with Crippen LogP contribution in [-0.2, 0) is 0 Å². The number of methoxy groups -OCH3 is 1. The quantitative estimate of drug-likeness (QED) is 0.887. The standard InChI is InChI=1S/C16H28N2O/c1-11(2)13-9-14(12(3)8-15(13)19-7)18(6)10-16(4,5)17/h8-9,11H,10,17H2,1-7H3. The zero-order valence-corrected chi connectivity index (χ0v) is 13.4. The highest BCUT2D eigenvalue weighted by Crippen LogP contribution is 2.33. The maximum absolute atomic E-state index is 6.11. The van der Waals surface area contributed by atoms with Crippen LogP contribution in [0.1, 0.15) is 44.7 Å². The van der Waals surface area contributed by atoms with Crippen molar-refractivity contribution in [3.05, 3.63) is 23.3 Å². The lowest BCUT2D eigenvalue weighted by atomic mass is 9.98. The second-order valence-corrected chi connectivity index (χ2v) is 6.38. The number of hydrogen-bond acceptors (Lipinski definition) is 3. The van der Waals surface area contributed by atoms with E-state index in [2.05, 4.69) is 44.9 Å². The summed E-state index contributed by atoms with van der Waals surface area (Å²) in [5.74, 6) is 1.41. The molecule has 0 saturated carbocycles. The smallest absolute Gasteiger partial charge is 0.122 e. The SMILES string of the molecule is COc1cc(C)c(N(C)CC(C)(C)N)cc1C(C)C. The number of anilines is 1. The molecule has 0 unspecified atom stereocenters. The third-order valence-electron chi connectivity index (χ3n) is 3.23. The van der Waals surface area contributed by atoms with Crippen LogP contribution in [0.25, 0.3) is 0 Å². The zero-order valence-electron chi connectivity index (χ0n) is 13.4. The fourth-order valence-corrected chi connectivity index (χ4v) is 2.42. The Labute approximate surface area is 117 Å². The fourth-order valence-electron chi connectivity index (χ4n) is 2.42. The van der Waals surface area contributed by atoms with Crippen LogP contribution in [-0.4, -0.2) is 26.2 Å². The first kappa shape index (κ1) is 15.8. The first-order valence-electron chi connectivity index (χ1n) is 6.84. The molecular formula is C16H28N2O. The van der Waals surface area contributed by atoms with Crippen molar-refractivity contribution in [1.82, 2.24) is 0 Å². The topological polar surface area (TPSA) is 38.5 Å². The monoisotopic (exact) mass is 264 g/mol. The lowest BCUT2D eigenvalue weighted by Gasteiger charge is -2.30. The Kier molecular flexibility index (Phi) is 4.86. The molecule has 0 radical (unpaired) electrons. The number of aryl methyl sites for hydroxylation is 1. The molecule has 0 heterocycles. The average Bonchev–Trinajstić information content (AvgIpc) is 2.25. The van der Waals surface area contributed by atoms with Gasteiger partial charge < -0.3 is 15.4 Å². The Bertz CT molecular complexity index is 433. The van der Waals surface area contributed by atoms with Gasteiger partial charge in [-0.25, -0.2) is 0 Å². The lowest BCUT2D eigenvalue weighted by molar-refractivity contribution is 0.407. The second kappa shape index (κ2) is 5.83. The summed E-state index contributed by atoms with van der Waals surface area (Å²) in [7, 11) is 3.82. The van der Waals surface area contributed by atoms with E-state index in [-0.39, 0.29) is 5.54 Å². The van der Waals surface area contributed by atoms with Crippen LogP contribution in [0.3, 0.4) is 0 Å². The zero-order chi connectivity index (χ0) is 14.8. The van der Waals surface area contributed by atoms with Crippen molar-refractivity contribution in [3.8, 4) is 5.75 Å². The molecule has 3 heteroatoms. The molecule has 3 nitrogen and oxygen atoms in total. The summed E-state index contributed by atoms with van der Waals surface area (Å²) >= 11 is 0. The molecule has 1 aromatic rings. The van der Waals surface area contributed by atoms with E-state index in [1.165, 1.54) is 16.8 Å². The molecule has 0 fully saturated rings. The third kappa shape index (κ3) is 4.13. The molecule has 0 bridgehead atoms. The average molecular weight is 264 g/mol. The first-order valence-corrected chi connectivity index (χ1v) is 6.84. The number of rotatable bonds is 5. The van der Waals surface area contributed by atoms with Gasteiger partial charge in [-0.2, -0.15) is 0 Å². The van der Waals surface area contributed by atoms with E-state index in [0.29, 0.717) is 5.92 Å². The Morgan fingerprint density at radius 3 is 2.32 bits per heavy atom. The minimum absolute atomic E-state index is 0.209. The molecule has 0 aliphatic rings. The highest BCUT2D eigenvalue weighted by molar-refractivity contribution is 5.59. The van der Waals surface area contributed by atoms with E-state index < -0.39 is 0 Å². The van der Waals surface area contributed by atoms with Gasteiger partial charge in [-0.3, -0.25) is 0 Å². The highest BCUT2D eigenvalue weighted by Gasteiger charge is 2.18. The Morgan fingerprint density at radius 1 is 1.32 bits per heavy atom. The van der Waals surface area contributed by atoms with Gasteiger partial charge in [0.1, 0.15) is 5.75 Å². The first-order chi connectivity index (χ1) is 8.65. The van der Waals surface area contributed by atoms with E-state index in [1.54, 1.807) is 7.11 Å². The summed E-state index contributed by atoms with van der Waals surface area (Å²) in [6.45, 7) is 11.4. The van der Waals surface area contributed by atoms with Crippen molar-refractivity contribution < 1.29 is 4.74 Å². The number of likely N-dealkylation sites (N-methyl/N-ethyl adjacent to an activating group) is 1. The van der Waals surface area contributed by atoms with E-state index in [1.807, 2.05) is 13.8 Å².